The molecule has 0 aromatic heterocycles. The van der Waals surface area contributed by atoms with Gasteiger partial charge in [0.25, 0.3) is 0 Å². The van der Waals surface area contributed by atoms with E-state index in [0.29, 0.717) is 22.3 Å². The van der Waals surface area contributed by atoms with E-state index in [1.165, 1.54) is 25.7 Å². The predicted molar refractivity (Wildman–Crippen MR) is 110 cm³/mol. The number of nitrogens with zero attached hydrogens (tertiary/aromatic N) is 1. The van der Waals surface area contributed by atoms with Gasteiger partial charge in [0.1, 0.15) is 0 Å². The number of anilines is 1. The lowest BCUT2D eigenvalue weighted by Crippen LogP contribution is -2.40. The summed E-state index contributed by atoms with van der Waals surface area (Å²) in [4.78, 5) is 28.5. The highest BCUT2D eigenvalue weighted by Crippen LogP contribution is 2.37. The van der Waals surface area contributed by atoms with E-state index in [1.54, 1.807) is 18.2 Å². The Kier molecular flexibility index (Phi) is 4.52. The molecule has 0 amide bonds. The van der Waals surface area contributed by atoms with Crippen LogP contribution >= 0.6 is 0 Å². The minimum atomic E-state index is -0.0309. The molecule has 4 nitrogen and oxygen atoms in total. The Morgan fingerprint density at radius 2 is 1.32 bits per heavy atom. The van der Waals surface area contributed by atoms with Crippen LogP contribution in [-0.4, -0.2) is 37.7 Å². The van der Waals surface area contributed by atoms with Crippen molar-refractivity contribution >= 4 is 17.3 Å². The molecule has 5 rings (SSSR count). The lowest BCUT2D eigenvalue weighted by molar-refractivity contribution is 0.0979. The van der Waals surface area contributed by atoms with E-state index in [2.05, 4.69) is 10.2 Å². The van der Waals surface area contributed by atoms with Crippen molar-refractivity contribution in [3.05, 3.63) is 64.7 Å². The molecule has 0 saturated carbocycles. The van der Waals surface area contributed by atoms with Crippen molar-refractivity contribution in [3.8, 4) is 0 Å². The summed E-state index contributed by atoms with van der Waals surface area (Å²) >= 11 is 0. The summed E-state index contributed by atoms with van der Waals surface area (Å²) in [5.74, 6) is 1.58. The molecule has 0 atom stereocenters. The zero-order valence-electron chi connectivity index (χ0n) is 16.1. The monoisotopic (exact) mass is 374 g/mol. The zero-order valence-corrected chi connectivity index (χ0v) is 16.1. The Balaban J connectivity index is 1.42. The number of piperidine rings is 2. The molecule has 3 aliphatic rings. The fraction of sp³-hybridized carbons (Fsp3) is 0.417. The molecule has 28 heavy (non-hydrogen) atoms. The van der Waals surface area contributed by atoms with Crippen LogP contribution in [0.4, 0.5) is 5.69 Å². The Bertz CT molecular complexity index is 922. The molecule has 2 aliphatic heterocycles. The molecule has 4 heteroatoms. The van der Waals surface area contributed by atoms with Gasteiger partial charge in [-0.3, -0.25) is 9.59 Å². The number of carbonyl (C=O) groups is 2. The smallest absolute Gasteiger partial charge is 0.196 e. The Morgan fingerprint density at radius 1 is 0.714 bits per heavy atom. The highest BCUT2D eigenvalue weighted by atomic mass is 16.1. The van der Waals surface area contributed by atoms with Crippen LogP contribution in [0.1, 0.15) is 57.5 Å². The third kappa shape index (κ3) is 2.87. The predicted octanol–water partition coefficient (Wildman–Crippen LogP) is 3.68. The van der Waals surface area contributed by atoms with E-state index < -0.39 is 0 Å². The maximum absolute atomic E-state index is 13.2. The van der Waals surface area contributed by atoms with Gasteiger partial charge < -0.3 is 10.2 Å². The molecule has 0 bridgehead atoms. The molecule has 1 aliphatic carbocycles. The largest absolute Gasteiger partial charge is 0.371 e. The van der Waals surface area contributed by atoms with Crippen LogP contribution in [0.2, 0.25) is 0 Å². The van der Waals surface area contributed by atoms with Crippen LogP contribution in [0, 0.1) is 11.8 Å². The minimum absolute atomic E-state index is 0.0127. The summed E-state index contributed by atoms with van der Waals surface area (Å²) in [6, 6.07) is 12.9. The summed E-state index contributed by atoms with van der Waals surface area (Å²) in [5.41, 5.74) is 3.17. The van der Waals surface area contributed by atoms with Crippen molar-refractivity contribution in [1.82, 2.24) is 5.32 Å². The van der Waals surface area contributed by atoms with Crippen LogP contribution in [0.3, 0.4) is 0 Å². The quantitative estimate of drug-likeness (QED) is 0.743. The van der Waals surface area contributed by atoms with E-state index in [0.717, 1.165) is 43.7 Å². The second-order valence-electron chi connectivity index (χ2n) is 8.32. The molecule has 0 radical (unpaired) electrons. The van der Waals surface area contributed by atoms with Gasteiger partial charge in [0.15, 0.2) is 11.6 Å². The van der Waals surface area contributed by atoms with Gasteiger partial charge in [-0.15, -0.1) is 0 Å². The number of benzene rings is 2. The fourth-order valence-electron chi connectivity index (χ4n) is 5.32. The van der Waals surface area contributed by atoms with E-state index >= 15 is 0 Å². The number of ketones is 2. The van der Waals surface area contributed by atoms with Gasteiger partial charge in [0.05, 0.1) is 5.56 Å². The molecule has 1 N–H and O–H groups in total. The van der Waals surface area contributed by atoms with Crippen molar-refractivity contribution < 1.29 is 9.59 Å². The normalized spacial score (nSPS) is 20.8. The summed E-state index contributed by atoms with van der Waals surface area (Å²) < 4.78 is 0. The van der Waals surface area contributed by atoms with Crippen LogP contribution in [-0.2, 0) is 0 Å². The lowest BCUT2D eigenvalue weighted by atomic mass is 9.78. The minimum Gasteiger partial charge on any atom is -0.371 e. The molecule has 0 unspecified atom stereocenters. The number of carbonyl (C=O) groups excluding carboxylic acids is 2. The number of hydrogen-bond donors (Lipinski definition) is 1. The van der Waals surface area contributed by atoms with Gasteiger partial charge in [0.2, 0.25) is 0 Å². The second kappa shape index (κ2) is 7.17. The summed E-state index contributed by atoms with van der Waals surface area (Å²) in [6.07, 6.45) is 4.92. The highest BCUT2D eigenvalue weighted by Gasteiger charge is 2.34. The molecule has 2 fully saturated rings. The number of rotatable bonds is 2. The van der Waals surface area contributed by atoms with E-state index in [1.807, 2.05) is 24.3 Å². The van der Waals surface area contributed by atoms with Crippen molar-refractivity contribution in [2.75, 3.05) is 31.1 Å². The van der Waals surface area contributed by atoms with E-state index in [-0.39, 0.29) is 11.6 Å². The number of hydrogen-bond acceptors (Lipinski definition) is 4. The number of nitrogens with one attached hydrogen (secondary N) is 1. The standard InChI is InChI=1S/C24H26N2O2/c27-23-18-4-1-2-5-19(18)24(28)22-20(23)6-3-7-21(22)26-14-10-17(11-15-26)16-8-12-25-13-9-16/h1-7,16-17,25H,8-15H2. The van der Waals surface area contributed by atoms with Gasteiger partial charge >= 0.3 is 0 Å². The molecule has 2 heterocycles. The Labute approximate surface area is 165 Å². The van der Waals surface area contributed by atoms with Gasteiger partial charge in [-0.25, -0.2) is 0 Å². The van der Waals surface area contributed by atoms with Crippen molar-refractivity contribution in [2.24, 2.45) is 11.8 Å². The molecular formula is C24H26N2O2. The van der Waals surface area contributed by atoms with E-state index in [9.17, 15) is 9.59 Å². The van der Waals surface area contributed by atoms with Crippen molar-refractivity contribution in [2.45, 2.75) is 25.7 Å². The Morgan fingerprint density at radius 3 is 2.04 bits per heavy atom. The van der Waals surface area contributed by atoms with Crippen LogP contribution in [0.5, 0.6) is 0 Å². The van der Waals surface area contributed by atoms with Crippen LogP contribution in [0.25, 0.3) is 0 Å². The van der Waals surface area contributed by atoms with E-state index in [4.69, 9.17) is 0 Å². The topological polar surface area (TPSA) is 49.4 Å². The highest BCUT2D eigenvalue weighted by molar-refractivity contribution is 6.30. The average Bonchev–Trinajstić information content (AvgIpc) is 2.78. The molecule has 2 saturated heterocycles. The molecule has 2 aromatic rings. The third-order valence-corrected chi connectivity index (χ3v) is 6.86. The Hall–Kier alpha value is -2.46. The summed E-state index contributed by atoms with van der Waals surface area (Å²) in [5, 5.41) is 3.46. The van der Waals surface area contributed by atoms with Crippen molar-refractivity contribution in [3.63, 3.8) is 0 Å². The van der Waals surface area contributed by atoms with Gasteiger partial charge in [-0.05, 0) is 56.7 Å². The van der Waals surface area contributed by atoms with Gasteiger partial charge in [-0.1, -0.05) is 36.4 Å². The number of fused-ring (bicyclic) bond motifs is 2. The maximum atomic E-state index is 13.2. The first kappa shape index (κ1) is 17.6. The first-order chi connectivity index (χ1) is 13.7. The molecule has 144 valence electrons. The van der Waals surface area contributed by atoms with Gasteiger partial charge in [-0.2, -0.15) is 0 Å². The van der Waals surface area contributed by atoms with Crippen LogP contribution in [0.15, 0.2) is 42.5 Å². The molecule has 0 spiro atoms. The maximum Gasteiger partial charge on any atom is 0.196 e. The van der Waals surface area contributed by atoms with Crippen molar-refractivity contribution in [1.29, 1.82) is 0 Å². The first-order valence-electron chi connectivity index (χ1n) is 10.5. The molecular weight excluding hydrogens is 348 g/mol. The zero-order chi connectivity index (χ0) is 19.1. The second-order valence-corrected chi connectivity index (χ2v) is 8.32. The first-order valence-corrected chi connectivity index (χ1v) is 10.5. The third-order valence-electron chi connectivity index (χ3n) is 6.86. The van der Waals surface area contributed by atoms with Gasteiger partial charge in [0, 0.05) is 35.5 Å². The van der Waals surface area contributed by atoms with Crippen LogP contribution < -0.4 is 10.2 Å². The summed E-state index contributed by atoms with van der Waals surface area (Å²) in [7, 11) is 0. The summed E-state index contributed by atoms with van der Waals surface area (Å²) in [6.45, 7) is 4.22. The average molecular weight is 374 g/mol. The molecule has 2 aromatic carbocycles. The fourth-order valence-corrected chi connectivity index (χ4v) is 5.32. The SMILES string of the molecule is O=C1c2ccccc2C(=O)c2c1cccc2N1CCC(C2CCNCC2)CC1. The lowest BCUT2D eigenvalue weighted by Gasteiger charge is -2.39.